The van der Waals surface area contributed by atoms with Crippen molar-refractivity contribution in [2.24, 2.45) is 0 Å². The molecule has 0 fully saturated rings. The van der Waals surface area contributed by atoms with Crippen molar-refractivity contribution in [2.75, 3.05) is 0 Å². The number of carboxylic acid groups (broad SMARTS) is 2. The predicted molar refractivity (Wildman–Crippen MR) is 70.5 cm³/mol. The molecule has 0 atom stereocenters. The molecule has 4 nitrogen and oxygen atoms in total. The molecule has 0 bridgehead atoms. The molecule has 2 aromatic carbocycles. The van der Waals surface area contributed by atoms with E-state index in [1.54, 1.807) is 37.3 Å². The van der Waals surface area contributed by atoms with Gasteiger partial charge in [-0.25, -0.2) is 9.59 Å². The summed E-state index contributed by atoms with van der Waals surface area (Å²) < 4.78 is 0. The predicted octanol–water partition coefficient (Wildman–Crippen LogP) is 3.06. The highest BCUT2D eigenvalue weighted by molar-refractivity contribution is 6.02. The van der Waals surface area contributed by atoms with Crippen LogP contribution in [-0.2, 0) is 0 Å². The van der Waals surface area contributed by atoms with Crippen molar-refractivity contribution < 1.29 is 19.8 Å². The smallest absolute Gasteiger partial charge is 0.336 e. The first-order valence-corrected chi connectivity index (χ1v) is 5.68. The zero-order valence-corrected chi connectivity index (χ0v) is 10.3. The number of carboxylic acids is 2. The zero-order chi connectivity index (χ0) is 14.0. The minimum Gasteiger partial charge on any atom is -0.478 e. The van der Waals surface area contributed by atoms with Gasteiger partial charge in [0.2, 0.25) is 0 Å². The monoisotopic (exact) mass is 256 g/mol. The van der Waals surface area contributed by atoms with Crippen molar-refractivity contribution in [3.63, 3.8) is 0 Å². The van der Waals surface area contributed by atoms with Crippen LogP contribution in [0.25, 0.3) is 11.1 Å². The highest BCUT2D eigenvalue weighted by Gasteiger charge is 2.18. The van der Waals surface area contributed by atoms with Crippen molar-refractivity contribution in [1.29, 1.82) is 0 Å². The van der Waals surface area contributed by atoms with Crippen molar-refractivity contribution in [2.45, 2.75) is 6.92 Å². The van der Waals surface area contributed by atoms with E-state index in [2.05, 4.69) is 0 Å². The van der Waals surface area contributed by atoms with Crippen LogP contribution in [-0.4, -0.2) is 22.2 Å². The summed E-state index contributed by atoms with van der Waals surface area (Å²) in [5, 5.41) is 18.4. The third-order valence-electron chi connectivity index (χ3n) is 2.93. The van der Waals surface area contributed by atoms with Crippen molar-refractivity contribution in [1.82, 2.24) is 0 Å². The molecule has 4 heteroatoms. The van der Waals surface area contributed by atoms with E-state index in [1.807, 2.05) is 0 Å². The number of carbonyl (C=O) groups is 2. The first-order chi connectivity index (χ1) is 9.02. The lowest BCUT2D eigenvalue weighted by atomic mass is 9.92. The summed E-state index contributed by atoms with van der Waals surface area (Å²) >= 11 is 0. The van der Waals surface area contributed by atoms with Crippen LogP contribution in [0.2, 0.25) is 0 Å². The molecule has 2 N–H and O–H groups in total. The van der Waals surface area contributed by atoms with Crippen LogP contribution in [0.15, 0.2) is 42.5 Å². The van der Waals surface area contributed by atoms with E-state index < -0.39 is 11.9 Å². The van der Waals surface area contributed by atoms with Crippen LogP contribution >= 0.6 is 0 Å². The molecule has 0 aliphatic carbocycles. The summed E-state index contributed by atoms with van der Waals surface area (Å²) in [7, 11) is 0. The van der Waals surface area contributed by atoms with Gasteiger partial charge in [-0.15, -0.1) is 0 Å². The average Bonchev–Trinajstić information content (AvgIpc) is 2.38. The highest BCUT2D eigenvalue weighted by Crippen LogP contribution is 2.30. The maximum atomic E-state index is 11.3. The molecule has 0 heterocycles. The van der Waals surface area contributed by atoms with Gasteiger partial charge in [0.15, 0.2) is 0 Å². The third kappa shape index (κ3) is 2.33. The molecule has 2 aromatic rings. The summed E-state index contributed by atoms with van der Waals surface area (Å²) in [5.74, 6) is -2.14. The summed E-state index contributed by atoms with van der Waals surface area (Å²) in [6, 6.07) is 11.3. The second-order valence-corrected chi connectivity index (χ2v) is 4.15. The first-order valence-electron chi connectivity index (χ1n) is 5.68. The Labute approximate surface area is 109 Å². The van der Waals surface area contributed by atoms with Gasteiger partial charge in [-0.2, -0.15) is 0 Å². The molecule has 0 amide bonds. The summed E-state index contributed by atoms with van der Waals surface area (Å²) in [4.78, 5) is 22.5. The third-order valence-corrected chi connectivity index (χ3v) is 2.93. The molecule has 0 aliphatic rings. The zero-order valence-electron chi connectivity index (χ0n) is 10.3. The summed E-state index contributed by atoms with van der Waals surface area (Å²) in [6.07, 6.45) is 0. The Bertz CT molecular complexity index is 659. The molecular formula is C15H12O4. The van der Waals surface area contributed by atoms with Crippen molar-refractivity contribution >= 4 is 11.9 Å². The van der Waals surface area contributed by atoms with E-state index in [9.17, 15) is 19.8 Å². The molecule has 0 aromatic heterocycles. The number of hydrogen-bond donors (Lipinski definition) is 2. The van der Waals surface area contributed by atoms with E-state index in [1.165, 1.54) is 12.1 Å². The van der Waals surface area contributed by atoms with Crippen LogP contribution in [0, 0.1) is 6.92 Å². The number of benzene rings is 2. The molecule has 0 aliphatic heterocycles. The fourth-order valence-electron chi connectivity index (χ4n) is 2.09. The minimum atomic E-state index is -1.07. The van der Waals surface area contributed by atoms with Gasteiger partial charge in [-0.1, -0.05) is 30.3 Å². The van der Waals surface area contributed by atoms with Gasteiger partial charge >= 0.3 is 11.9 Å². The Balaban J connectivity index is 2.79. The Morgan fingerprint density at radius 3 is 2.05 bits per heavy atom. The number of rotatable bonds is 3. The standard InChI is InChI=1S/C15H12O4/c1-9-5-4-8-12(15(18)19)13(9)10-6-2-3-7-11(10)14(16)17/h2-8H,1H3,(H,16,17)(H,18,19). The van der Waals surface area contributed by atoms with Gasteiger partial charge in [-0.05, 0) is 35.7 Å². The topological polar surface area (TPSA) is 74.6 Å². The lowest BCUT2D eigenvalue weighted by Crippen LogP contribution is -2.05. The van der Waals surface area contributed by atoms with Gasteiger partial charge in [0.25, 0.3) is 0 Å². The molecule has 0 saturated heterocycles. The minimum absolute atomic E-state index is 0.0966. The van der Waals surface area contributed by atoms with Crippen LogP contribution in [0.4, 0.5) is 0 Å². The Kier molecular flexibility index (Phi) is 3.33. The molecule has 2 rings (SSSR count). The second kappa shape index (κ2) is 4.94. The van der Waals surface area contributed by atoms with E-state index in [0.717, 1.165) is 5.56 Å². The Hall–Kier alpha value is -2.62. The number of aromatic carboxylic acids is 2. The van der Waals surface area contributed by atoms with Gasteiger partial charge in [0.1, 0.15) is 0 Å². The molecule has 19 heavy (non-hydrogen) atoms. The van der Waals surface area contributed by atoms with E-state index in [0.29, 0.717) is 11.1 Å². The quantitative estimate of drug-likeness (QED) is 0.885. The maximum absolute atomic E-state index is 11.3. The lowest BCUT2D eigenvalue weighted by Gasteiger charge is -2.12. The molecular weight excluding hydrogens is 244 g/mol. The fraction of sp³-hybridized carbons (Fsp3) is 0.0667. The van der Waals surface area contributed by atoms with E-state index in [-0.39, 0.29) is 11.1 Å². The van der Waals surface area contributed by atoms with Gasteiger partial charge in [0.05, 0.1) is 11.1 Å². The highest BCUT2D eigenvalue weighted by atomic mass is 16.4. The molecule has 0 saturated carbocycles. The summed E-state index contributed by atoms with van der Waals surface area (Å²) in [6.45, 7) is 1.76. The molecule has 0 unspecified atom stereocenters. The van der Waals surface area contributed by atoms with E-state index >= 15 is 0 Å². The van der Waals surface area contributed by atoms with Gasteiger partial charge in [-0.3, -0.25) is 0 Å². The Morgan fingerprint density at radius 2 is 1.42 bits per heavy atom. The van der Waals surface area contributed by atoms with Crippen LogP contribution < -0.4 is 0 Å². The lowest BCUT2D eigenvalue weighted by molar-refractivity contribution is 0.0684. The number of aryl methyl sites for hydroxylation is 1. The van der Waals surface area contributed by atoms with E-state index in [4.69, 9.17) is 0 Å². The Morgan fingerprint density at radius 1 is 0.842 bits per heavy atom. The van der Waals surface area contributed by atoms with Crippen LogP contribution in [0.5, 0.6) is 0 Å². The van der Waals surface area contributed by atoms with Crippen LogP contribution in [0.1, 0.15) is 26.3 Å². The number of hydrogen-bond acceptors (Lipinski definition) is 2. The molecule has 0 radical (unpaired) electrons. The normalized spacial score (nSPS) is 10.2. The fourth-order valence-corrected chi connectivity index (χ4v) is 2.09. The van der Waals surface area contributed by atoms with Gasteiger partial charge < -0.3 is 10.2 Å². The largest absolute Gasteiger partial charge is 0.478 e. The summed E-state index contributed by atoms with van der Waals surface area (Å²) in [5.41, 5.74) is 1.81. The van der Waals surface area contributed by atoms with Crippen molar-refractivity contribution in [3.05, 3.63) is 59.2 Å². The first kappa shape index (κ1) is 12.8. The second-order valence-electron chi connectivity index (χ2n) is 4.15. The van der Waals surface area contributed by atoms with Gasteiger partial charge in [0, 0.05) is 0 Å². The average molecular weight is 256 g/mol. The molecule has 0 spiro atoms. The van der Waals surface area contributed by atoms with Crippen molar-refractivity contribution in [3.8, 4) is 11.1 Å². The SMILES string of the molecule is Cc1cccc(C(=O)O)c1-c1ccccc1C(=O)O. The maximum Gasteiger partial charge on any atom is 0.336 e. The molecule has 96 valence electrons. The van der Waals surface area contributed by atoms with Crippen LogP contribution in [0.3, 0.4) is 0 Å².